The lowest BCUT2D eigenvalue weighted by Crippen LogP contribution is -2.52. The number of rotatable bonds is 10. The summed E-state index contributed by atoms with van der Waals surface area (Å²) in [6, 6.07) is 10.2. The number of carbonyl (C=O) groups is 2. The molecular weight excluding hydrogens is 519 g/mol. The zero-order chi connectivity index (χ0) is 27.3. The van der Waals surface area contributed by atoms with Crippen LogP contribution in [-0.2, 0) is 32.3 Å². The maximum absolute atomic E-state index is 13.4. The van der Waals surface area contributed by atoms with Crippen LogP contribution in [0.4, 0.5) is 18.9 Å². The van der Waals surface area contributed by atoms with Gasteiger partial charge in [0.05, 0.1) is 22.5 Å². The Morgan fingerprint density at radius 3 is 2.22 bits per heavy atom. The third-order valence-electron chi connectivity index (χ3n) is 5.59. The van der Waals surface area contributed by atoms with Crippen molar-refractivity contribution in [2.45, 2.75) is 52.0 Å². The number of sulfonamides is 1. The lowest BCUT2D eigenvalue weighted by molar-refractivity contribution is -0.139. The van der Waals surface area contributed by atoms with Gasteiger partial charge in [0, 0.05) is 12.6 Å². The molecule has 0 saturated carbocycles. The summed E-state index contributed by atoms with van der Waals surface area (Å²) < 4.78 is 65.8. The fraction of sp³-hybridized carbons (Fsp3) is 0.417. The van der Waals surface area contributed by atoms with Crippen molar-refractivity contribution in [3.63, 3.8) is 0 Å². The van der Waals surface area contributed by atoms with E-state index in [2.05, 4.69) is 5.32 Å². The standard InChI is InChI=1S/C24H29ClF3N3O4S/c1-5-16(2)29-23(33)17(3)30(14-18-9-7-6-8-10-18)22(32)15-31(36(4,34)35)19-11-12-21(25)20(13-19)24(26,27)28/h6-13,16-17H,5,14-15H2,1-4H3,(H,29,33)/t16-,17-/m1/s1. The molecule has 0 spiro atoms. The van der Waals surface area contributed by atoms with E-state index in [-0.39, 0.29) is 18.3 Å². The molecule has 0 bridgehead atoms. The zero-order valence-electron chi connectivity index (χ0n) is 20.3. The minimum Gasteiger partial charge on any atom is -0.352 e. The summed E-state index contributed by atoms with van der Waals surface area (Å²) in [5.41, 5.74) is -0.921. The van der Waals surface area contributed by atoms with E-state index in [9.17, 15) is 31.2 Å². The number of hydrogen-bond donors (Lipinski definition) is 1. The Labute approximate surface area is 214 Å². The number of alkyl halides is 3. The molecule has 36 heavy (non-hydrogen) atoms. The summed E-state index contributed by atoms with van der Waals surface area (Å²) in [5.74, 6) is -1.20. The van der Waals surface area contributed by atoms with Crippen molar-refractivity contribution in [3.8, 4) is 0 Å². The van der Waals surface area contributed by atoms with Crippen LogP contribution in [0.15, 0.2) is 48.5 Å². The molecule has 7 nitrogen and oxygen atoms in total. The molecule has 2 amide bonds. The van der Waals surface area contributed by atoms with Crippen LogP contribution in [0, 0.1) is 0 Å². The molecular formula is C24H29ClF3N3O4S. The highest BCUT2D eigenvalue weighted by Gasteiger charge is 2.35. The van der Waals surface area contributed by atoms with E-state index in [0.717, 1.165) is 18.4 Å². The van der Waals surface area contributed by atoms with Gasteiger partial charge >= 0.3 is 6.18 Å². The predicted octanol–water partition coefficient (Wildman–Crippen LogP) is 4.46. The third kappa shape index (κ3) is 7.86. The van der Waals surface area contributed by atoms with Crippen LogP contribution in [0.2, 0.25) is 5.02 Å². The molecule has 0 aliphatic rings. The van der Waals surface area contributed by atoms with Gasteiger partial charge in [0.25, 0.3) is 0 Å². The first-order valence-electron chi connectivity index (χ1n) is 11.1. The summed E-state index contributed by atoms with van der Waals surface area (Å²) >= 11 is 5.67. The lowest BCUT2D eigenvalue weighted by Gasteiger charge is -2.32. The molecule has 2 atom stereocenters. The van der Waals surface area contributed by atoms with Gasteiger partial charge in [0.2, 0.25) is 21.8 Å². The van der Waals surface area contributed by atoms with Crippen LogP contribution in [0.3, 0.4) is 0 Å². The van der Waals surface area contributed by atoms with Crippen LogP contribution in [0.1, 0.15) is 38.3 Å². The third-order valence-corrected chi connectivity index (χ3v) is 7.06. The Morgan fingerprint density at radius 1 is 1.08 bits per heavy atom. The Kier molecular flexibility index (Phi) is 9.78. The average molecular weight is 548 g/mol. The molecule has 0 aliphatic carbocycles. The monoisotopic (exact) mass is 547 g/mol. The maximum atomic E-state index is 13.4. The van der Waals surface area contributed by atoms with E-state index < -0.39 is 51.2 Å². The van der Waals surface area contributed by atoms with Crippen molar-refractivity contribution in [3.05, 3.63) is 64.7 Å². The molecule has 1 N–H and O–H groups in total. The van der Waals surface area contributed by atoms with Crippen molar-refractivity contribution in [2.24, 2.45) is 0 Å². The van der Waals surface area contributed by atoms with E-state index >= 15 is 0 Å². The number of halogens is 4. The largest absolute Gasteiger partial charge is 0.417 e. The van der Waals surface area contributed by atoms with Gasteiger partial charge in [-0.25, -0.2) is 8.42 Å². The van der Waals surface area contributed by atoms with E-state index in [1.165, 1.54) is 11.8 Å². The Bertz CT molecular complexity index is 1180. The SMILES string of the molecule is CC[C@@H](C)NC(=O)[C@@H](C)N(Cc1ccccc1)C(=O)CN(c1ccc(Cl)c(C(F)(F)F)c1)S(C)(=O)=O. The van der Waals surface area contributed by atoms with Gasteiger partial charge in [-0.05, 0) is 44.0 Å². The molecule has 2 rings (SSSR count). The molecule has 198 valence electrons. The van der Waals surface area contributed by atoms with Crippen LogP contribution in [0.5, 0.6) is 0 Å². The lowest BCUT2D eigenvalue weighted by atomic mass is 10.1. The van der Waals surface area contributed by atoms with Crippen LogP contribution < -0.4 is 9.62 Å². The number of hydrogen-bond acceptors (Lipinski definition) is 4. The Morgan fingerprint density at radius 2 is 1.69 bits per heavy atom. The van der Waals surface area contributed by atoms with Crippen LogP contribution in [0.25, 0.3) is 0 Å². The first-order valence-corrected chi connectivity index (χ1v) is 13.4. The van der Waals surface area contributed by atoms with Crippen molar-refractivity contribution in [2.75, 3.05) is 17.1 Å². The van der Waals surface area contributed by atoms with Gasteiger partial charge in [-0.1, -0.05) is 48.9 Å². The van der Waals surface area contributed by atoms with Crippen LogP contribution in [-0.4, -0.2) is 50.0 Å². The van der Waals surface area contributed by atoms with E-state index in [1.807, 2.05) is 6.92 Å². The number of carbonyl (C=O) groups excluding carboxylic acids is 2. The van der Waals surface area contributed by atoms with Crippen molar-refractivity contribution >= 4 is 39.1 Å². The smallest absolute Gasteiger partial charge is 0.352 e. The second-order valence-electron chi connectivity index (χ2n) is 8.43. The van der Waals surface area contributed by atoms with E-state index in [0.29, 0.717) is 22.4 Å². The van der Waals surface area contributed by atoms with Gasteiger partial charge in [0.1, 0.15) is 12.6 Å². The molecule has 0 aliphatic heterocycles. The quantitative estimate of drug-likeness (QED) is 0.476. The first kappa shape index (κ1) is 29.4. The zero-order valence-corrected chi connectivity index (χ0v) is 21.9. The topological polar surface area (TPSA) is 86.8 Å². The maximum Gasteiger partial charge on any atom is 0.417 e. The fourth-order valence-corrected chi connectivity index (χ4v) is 4.39. The summed E-state index contributed by atoms with van der Waals surface area (Å²) in [6.45, 7) is 4.37. The molecule has 0 saturated heterocycles. The Hall–Kier alpha value is -2.79. The molecule has 2 aromatic carbocycles. The summed E-state index contributed by atoms with van der Waals surface area (Å²) in [4.78, 5) is 27.4. The number of amides is 2. The van der Waals surface area contributed by atoms with Crippen molar-refractivity contribution < 1.29 is 31.2 Å². The van der Waals surface area contributed by atoms with E-state index in [1.54, 1.807) is 37.3 Å². The summed E-state index contributed by atoms with van der Waals surface area (Å²) in [7, 11) is -4.19. The normalized spacial score (nSPS) is 13.6. The van der Waals surface area contributed by atoms with Crippen molar-refractivity contribution in [1.82, 2.24) is 10.2 Å². The van der Waals surface area contributed by atoms with Gasteiger partial charge in [-0.2, -0.15) is 13.2 Å². The van der Waals surface area contributed by atoms with Gasteiger partial charge in [-0.15, -0.1) is 0 Å². The fourth-order valence-electron chi connectivity index (χ4n) is 3.33. The number of nitrogens with zero attached hydrogens (tertiary/aromatic N) is 2. The average Bonchev–Trinajstić information content (AvgIpc) is 2.80. The number of nitrogens with one attached hydrogen (secondary N) is 1. The second kappa shape index (κ2) is 12.0. The molecule has 12 heteroatoms. The van der Waals surface area contributed by atoms with Crippen molar-refractivity contribution in [1.29, 1.82) is 0 Å². The summed E-state index contributed by atoms with van der Waals surface area (Å²) in [5, 5.41) is 2.19. The first-order chi connectivity index (χ1) is 16.6. The molecule has 0 fully saturated rings. The summed E-state index contributed by atoms with van der Waals surface area (Å²) in [6.07, 6.45) is -3.39. The molecule has 2 aromatic rings. The van der Waals surface area contributed by atoms with Gasteiger partial charge in [0.15, 0.2) is 0 Å². The highest BCUT2D eigenvalue weighted by Crippen LogP contribution is 2.37. The van der Waals surface area contributed by atoms with Crippen LogP contribution >= 0.6 is 11.6 Å². The second-order valence-corrected chi connectivity index (χ2v) is 10.7. The van der Waals surface area contributed by atoms with Gasteiger partial charge in [-0.3, -0.25) is 13.9 Å². The molecule has 0 radical (unpaired) electrons. The highest BCUT2D eigenvalue weighted by atomic mass is 35.5. The molecule has 0 heterocycles. The molecule has 0 unspecified atom stereocenters. The minimum atomic E-state index is -4.83. The van der Waals surface area contributed by atoms with Gasteiger partial charge < -0.3 is 10.2 Å². The highest BCUT2D eigenvalue weighted by molar-refractivity contribution is 7.92. The number of benzene rings is 2. The predicted molar refractivity (Wildman–Crippen MR) is 133 cm³/mol. The minimum absolute atomic E-state index is 0.0131. The van der Waals surface area contributed by atoms with E-state index in [4.69, 9.17) is 11.6 Å². The molecule has 0 aromatic heterocycles. The Balaban J connectivity index is 2.45. The number of anilines is 1.